The first-order valence-electron chi connectivity index (χ1n) is 1.97. The summed E-state index contributed by atoms with van der Waals surface area (Å²) in [5.74, 6) is 1.14. The number of allylic oxidation sites excluding steroid dienone is 1. The van der Waals surface area contributed by atoms with Crippen molar-refractivity contribution >= 4 is 39.3 Å². The maximum atomic E-state index is 5.66. The molecule has 0 aromatic rings. The molecule has 0 saturated carbocycles. The lowest BCUT2D eigenvalue weighted by atomic mass is 10.5. The first-order valence-corrected chi connectivity index (χ1v) is 4.13. The molecule has 3 heteroatoms. The Bertz CT molecular complexity index is 98.3. The predicted octanol–water partition coefficient (Wildman–Crippen LogP) is 2.93. The van der Waals surface area contributed by atoms with E-state index in [0.29, 0.717) is 0 Å². The Morgan fingerprint density at radius 2 is 2.43 bits per heavy atom. The number of rotatable bonds is 0. The fourth-order valence-corrected chi connectivity index (χ4v) is 2.28. The Morgan fingerprint density at radius 3 is 2.57 bits per heavy atom. The van der Waals surface area contributed by atoms with Gasteiger partial charge in [-0.25, -0.2) is 0 Å². The highest BCUT2D eigenvalue weighted by Crippen LogP contribution is 2.37. The van der Waals surface area contributed by atoms with Crippen LogP contribution in [0.25, 0.3) is 0 Å². The van der Waals surface area contributed by atoms with Crippen LogP contribution >= 0.6 is 39.3 Å². The summed E-state index contributed by atoms with van der Waals surface area (Å²) in [7, 11) is 0. The molecule has 1 aliphatic rings. The van der Waals surface area contributed by atoms with Gasteiger partial charge < -0.3 is 0 Å². The molecule has 0 radical (unpaired) electrons. The summed E-state index contributed by atoms with van der Waals surface area (Å²) >= 11 is 10.7. The van der Waals surface area contributed by atoms with Gasteiger partial charge in [0.05, 0.1) is 4.36 Å². The van der Waals surface area contributed by atoms with Gasteiger partial charge in [0.1, 0.15) is 0 Å². The lowest BCUT2D eigenvalue weighted by molar-refractivity contribution is 1.26. The molecule has 7 heavy (non-hydrogen) atoms. The fraction of sp³-hybridized carbons (Fsp3) is 0.500. The summed E-state index contributed by atoms with van der Waals surface area (Å²) in [6, 6.07) is 0. The minimum Gasteiger partial charge on any atom is -0.113 e. The Labute approximate surface area is 60.4 Å². The van der Waals surface area contributed by atoms with Crippen molar-refractivity contribution in [2.24, 2.45) is 0 Å². The molecule has 0 aliphatic carbocycles. The topological polar surface area (TPSA) is 0 Å². The molecular formula is C4H4BrClS. The van der Waals surface area contributed by atoms with E-state index in [1.165, 1.54) is 4.48 Å². The van der Waals surface area contributed by atoms with E-state index < -0.39 is 0 Å². The maximum Gasteiger partial charge on any atom is 0.0836 e. The van der Waals surface area contributed by atoms with Crippen molar-refractivity contribution in [2.45, 2.75) is 6.42 Å². The lowest BCUT2D eigenvalue weighted by Gasteiger charge is -1.80. The summed E-state index contributed by atoms with van der Waals surface area (Å²) < 4.78 is 2.10. The van der Waals surface area contributed by atoms with Crippen LogP contribution in [0.5, 0.6) is 0 Å². The van der Waals surface area contributed by atoms with Gasteiger partial charge in [-0.15, -0.1) is 11.8 Å². The highest BCUT2D eigenvalue weighted by Gasteiger charge is 2.08. The molecule has 0 spiro atoms. The second-order valence-electron chi connectivity index (χ2n) is 1.28. The number of hydrogen-bond acceptors (Lipinski definition) is 1. The van der Waals surface area contributed by atoms with Gasteiger partial charge in [-0.3, -0.25) is 0 Å². The molecule has 1 aliphatic heterocycles. The largest absolute Gasteiger partial charge is 0.113 e. The minimum absolute atomic E-state index is 0.931. The van der Waals surface area contributed by atoms with Crippen molar-refractivity contribution < 1.29 is 0 Å². The Hall–Kier alpha value is 0.860. The van der Waals surface area contributed by atoms with E-state index in [4.69, 9.17) is 11.6 Å². The smallest absolute Gasteiger partial charge is 0.0836 e. The molecular weight excluding hydrogens is 195 g/mol. The zero-order valence-corrected chi connectivity index (χ0v) is 6.74. The normalized spacial score (nSPS) is 21.4. The van der Waals surface area contributed by atoms with Crippen LogP contribution in [-0.2, 0) is 0 Å². The van der Waals surface area contributed by atoms with Crippen LogP contribution in [0.2, 0.25) is 0 Å². The van der Waals surface area contributed by atoms with Crippen LogP contribution < -0.4 is 0 Å². The zero-order chi connectivity index (χ0) is 5.28. The molecule has 40 valence electrons. The highest BCUT2D eigenvalue weighted by molar-refractivity contribution is 9.11. The molecule has 0 unspecified atom stereocenters. The minimum atomic E-state index is 0.931. The van der Waals surface area contributed by atoms with Crippen LogP contribution in [0.15, 0.2) is 8.85 Å². The summed E-state index contributed by atoms with van der Waals surface area (Å²) in [5.41, 5.74) is 0. The molecule has 0 atom stereocenters. The summed E-state index contributed by atoms with van der Waals surface area (Å²) in [6.07, 6.45) is 1.10. The van der Waals surface area contributed by atoms with Crippen LogP contribution in [0, 0.1) is 0 Å². The maximum absolute atomic E-state index is 5.66. The molecule has 1 heterocycles. The second kappa shape index (κ2) is 2.42. The van der Waals surface area contributed by atoms with Crippen LogP contribution in [0.4, 0.5) is 0 Å². The van der Waals surface area contributed by atoms with Gasteiger partial charge in [0.15, 0.2) is 0 Å². The first kappa shape index (κ1) is 5.99. The van der Waals surface area contributed by atoms with Gasteiger partial charge in [0, 0.05) is 10.2 Å². The molecule has 0 nitrogen and oxygen atoms in total. The lowest BCUT2D eigenvalue weighted by Crippen LogP contribution is -1.62. The third kappa shape index (κ3) is 1.37. The average Bonchev–Trinajstić information content (AvgIpc) is 1.91. The van der Waals surface area contributed by atoms with Crippen molar-refractivity contribution in [3.63, 3.8) is 0 Å². The van der Waals surface area contributed by atoms with E-state index in [2.05, 4.69) is 15.9 Å². The van der Waals surface area contributed by atoms with Gasteiger partial charge in [0.25, 0.3) is 0 Å². The highest BCUT2D eigenvalue weighted by atomic mass is 79.9. The Morgan fingerprint density at radius 1 is 1.71 bits per heavy atom. The summed E-state index contributed by atoms with van der Waals surface area (Å²) in [5, 5.41) is 0. The molecule has 0 bridgehead atoms. The molecule has 0 aromatic carbocycles. The number of halogens is 2. The fourth-order valence-electron chi connectivity index (χ4n) is 0.407. The molecule has 0 aromatic heterocycles. The van der Waals surface area contributed by atoms with Crippen molar-refractivity contribution in [3.05, 3.63) is 8.85 Å². The van der Waals surface area contributed by atoms with Crippen LogP contribution in [0.3, 0.4) is 0 Å². The number of hydrogen-bond donors (Lipinski definition) is 0. The van der Waals surface area contributed by atoms with Crippen molar-refractivity contribution in [1.29, 1.82) is 0 Å². The van der Waals surface area contributed by atoms with Crippen molar-refractivity contribution in [3.8, 4) is 0 Å². The van der Waals surface area contributed by atoms with Gasteiger partial charge in [-0.1, -0.05) is 27.5 Å². The van der Waals surface area contributed by atoms with Gasteiger partial charge in [-0.2, -0.15) is 0 Å². The van der Waals surface area contributed by atoms with E-state index in [0.717, 1.165) is 16.5 Å². The first-order chi connectivity index (χ1) is 3.30. The summed E-state index contributed by atoms with van der Waals surface area (Å²) in [4.78, 5) is 0. The average molecular weight is 199 g/mol. The van der Waals surface area contributed by atoms with E-state index in [1.807, 2.05) is 0 Å². The van der Waals surface area contributed by atoms with Crippen LogP contribution in [0.1, 0.15) is 6.42 Å². The van der Waals surface area contributed by atoms with Crippen molar-refractivity contribution in [2.75, 3.05) is 5.75 Å². The van der Waals surface area contributed by atoms with Gasteiger partial charge in [0.2, 0.25) is 0 Å². The Balaban J connectivity index is 2.64. The van der Waals surface area contributed by atoms with Gasteiger partial charge in [-0.05, 0) is 6.42 Å². The number of thioether (sulfide) groups is 1. The predicted molar refractivity (Wildman–Crippen MR) is 38.9 cm³/mol. The summed E-state index contributed by atoms with van der Waals surface area (Å²) in [6.45, 7) is 0. The van der Waals surface area contributed by atoms with E-state index in [9.17, 15) is 0 Å². The molecule has 0 saturated heterocycles. The van der Waals surface area contributed by atoms with E-state index >= 15 is 0 Å². The zero-order valence-electron chi connectivity index (χ0n) is 3.58. The third-order valence-electron chi connectivity index (χ3n) is 0.764. The second-order valence-corrected chi connectivity index (χ2v) is 3.94. The Kier molecular flexibility index (Phi) is 2.07. The van der Waals surface area contributed by atoms with Crippen LogP contribution in [-0.4, -0.2) is 5.75 Å². The SMILES string of the molecule is ClC1=C(Br)CCS1. The molecule has 1 rings (SSSR count). The molecule has 0 fully saturated rings. The van der Waals surface area contributed by atoms with E-state index in [1.54, 1.807) is 11.8 Å². The standard InChI is InChI=1S/C4H4BrClS/c5-3-1-2-7-4(3)6/h1-2H2. The quantitative estimate of drug-likeness (QED) is 0.578. The van der Waals surface area contributed by atoms with Crippen molar-refractivity contribution in [1.82, 2.24) is 0 Å². The van der Waals surface area contributed by atoms with Gasteiger partial charge >= 0.3 is 0 Å². The third-order valence-corrected chi connectivity index (χ3v) is 3.51. The molecule has 0 N–H and O–H groups in total. The van der Waals surface area contributed by atoms with E-state index in [-0.39, 0.29) is 0 Å². The monoisotopic (exact) mass is 198 g/mol. The molecule has 0 amide bonds.